The van der Waals surface area contributed by atoms with Crippen molar-refractivity contribution in [3.05, 3.63) is 60.2 Å². The molecule has 0 saturated carbocycles. The number of piperidine rings is 1. The molecule has 0 aliphatic carbocycles. The molecule has 2 amide bonds. The Kier molecular flexibility index (Phi) is 8.81. The van der Waals surface area contributed by atoms with E-state index in [9.17, 15) is 18.0 Å². The van der Waals surface area contributed by atoms with Crippen LogP contribution in [-0.2, 0) is 30.0 Å². The van der Waals surface area contributed by atoms with E-state index in [0.717, 1.165) is 5.56 Å². The van der Waals surface area contributed by atoms with Gasteiger partial charge in [-0.05, 0) is 36.6 Å². The monoisotopic (exact) mass is 475 g/mol. The summed E-state index contributed by atoms with van der Waals surface area (Å²) in [7, 11) is -1.91. The molecule has 0 unspecified atom stereocenters. The summed E-state index contributed by atoms with van der Waals surface area (Å²) in [5.74, 6) is -0.503. The van der Waals surface area contributed by atoms with E-state index < -0.39 is 16.1 Å². The SMILES string of the molecule is COCCOC(=O)Nc1cccc(NC(=O)C2CCN(S(=O)(=O)Cc3ccccc3)CC2)c1. The number of nitrogens with one attached hydrogen (secondary N) is 2. The van der Waals surface area contributed by atoms with Gasteiger partial charge >= 0.3 is 6.09 Å². The number of anilines is 2. The number of rotatable bonds is 9. The van der Waals surface area contributed by atoms with Crippen LogP contribution in [-0.4, -0.2) is 58.1 Å². The van der Waals surface area contributed by atoms with Gasteiger partial charge < -0.3 is 14.8 Å². The molecule has 9 nitrogen and oxygen atoms in total. The van der Waals surface area contributed by atoms with Crippen LogP contribution in [0.4, 0.5) is 16.2 Å². The van der Waals surface area contributed by atoms with Gasteiger partial charge in [0.25, 0.3) is 0 Å². The quantitative estimate of drug-likeness (QED) is 0.539. The van der Waals surface area contributed by atoms with Crippen LogP contribution in [0.1, 0.15) is 18.4 Å². The predicted octanol–water partition coefficient (Wildman–Crippen LogP) is 3.06. The van der Waals surface area contributed by atoms with E-state index >= 15 is 0 Å². The van der Waals surface area contributed by atoms with E-state index in [-0.39, 0.29) is 24.2 Å². The van der Waals surface area contributed by atoms with Gasteiger partial charge in [-0.15, -0.1) is 0 Å². The molecule has 0 bridgehead atoms. The van der Waals surface area contributed by atoms with Crippen LogP contribution in [0.2, 0.25) is 0 Å². The Morgan fingerprint density at radius 3 is 2.30 bits per heavy atom. The molecule has 3 rings (SSSR count). The van der Waals surface area contributed by atoms with Crippen LogP contribution in [0.5, 0.6) is 0 Å². The second-order valence-corrected chi connectivity index (χ2v) is 9.71. The summed E-state index contributed by atoms with van der Waals surface area (Å²) >= 11 is 0. The first-order chi connectivity index (χ1) is 15.9. The lowest BCUT2D eigenvalue weighted by molar-refractivity contribution is -0.120. The minimum Gasteiger partial charge on any atom is -0.447 e. The van der Waals surface area contributed by atoms with E-state index in [1.54, 1.807) is 36.4 Å². The summed E-state index contributed by atoms with van der Waals surface area (Å²) in [6.45, 7) is 1.05. The standard InChI is InChI=1S/C23H29N3O6S/c1-31-14-15-32-23(28)25-21-9-5-8-20(16-21)24-22(27)19-10-12-26(13-11-19)33(29,30)17-18-6-3-2-4-7-18/h2-9,16,19H,10-15,17H2,1H3,(H,24,27)(H,25,28). The molecule has 10 heteroatoms. The van der Waals surface area contributed by atoms with E-state index in [1.807, 2.05) is 18.2 Å². The van der Waals surface area contributed by atoms with Gasteiger partial charge in [0.05, 0.1) is 12.4 Å². The van der Waals surface area contributed by atoms with Crippen molar-refractivity contribution in [1.29, 1.82) is 0 Å². The van der Waals surface area contributed by atoms with Crippen molar-refractivity contribution in [1.82, 2.24) is 4.31 Å². The first kappa shape index (κ1) is 24.7. The van der Waals surface area contributed by atoms with Gasteiger partial charge in [-0.1, -0.05) is 36.4 Å². The molecule has 1 aliphatic rings. The lowest BCUT2D eigenvalue weighted by Gasteiger charge is -2.30. The van der Waals surface area contributed by atoms with E-state index in [4.69, 9.17) is 9.47 Å². The number of sulfonamides is 1. The van der Waals surface area contributed by atoms with Crippen molar-refractivity contribution in [2.75, 3.05) is 44.0 Å². The number of hydrogen-bond acceptors (Lipinski definition) is 6. The zero-order valence-electron chi connectivity index (χ0n) is 18.5. The normalized spacial score (nSPS) is 15.1. The van der Waals surface area contributed by atoms with Crippen LogP contribution in [0.15, 0.2) is 54.6 Å². The van der Waals surface area contributed by atoms with Gasteiger partial charge in [0, 0.05) is 37.5 Å². The fourth-order valence-corrected chi connectivity index (χ4v) is 5.13. The maximum atomic E-state index is 12.7. The maximum absolute atomic E-state index is 12.7. The highest BCUT2D eigenvalue weighted by atomic mass is 32.2. The summed E-state index contributed by atoms with van der Waals surface area (Å²) in [4.78, 5) is 24.5. The second kappa shape index (κ2) is 11.8. The third-order valence-corrected chi connectivity index (χ3v) is 7.16. The third-order valence-electron chi connectivity index (χ3n) is 5.31. The Balaban J connectivity index is 1.49. The van der Waals surface area contributed by atoms with Crippen LogP contribution in [0, 0.1) is 5.92 Å². The fraction of sp³-hybridized carbons (Fsp3) is 0.391. The summed E-state index contributed by atoms with van der Waals surface area (Å²) < 4.78 is 36.7. The fourth-order valence-electron chi connectivity index (χ4n) is 3.56. The zero-order valence-corrected chi connectivity index (χ0v) is 19.3. The summed E-state index contributed by atoms with van der Waals surface area (Å²) in [6, 6.07) is 15.8. The molecular formula is C23H29N3O6S. The van der Waals surface area contributed by atoms with Crippen LogP contribution in [0.25, 0.3) is 0 Å². The minimum atomic E-state index is -3.43. The molecule has 1 heterocycles. The molecule has 0 aromatic heterocycles. The lowest BCUT2D eigenvalue weighted by atomic mass is 9.97. The summed E-state index contributed by atoms with van der Waals surface area (Å²) in [5.41, 5.74) is 1.76. The van der Waals surface area contributed by atoms with Crippen molar-refractivity contribution >= 4 is 33.4 Å². The lowest BCUT2D eigenvalue weighted by Crippen LogP contribution is -2.41. The van der Waals surface area contributed by atoms with E-state index in [2.05, 4.69) is 10.6 Å². The van der Waals surface area contributed by atoms with Crippen molar-refractivity contribution < 1.29 is 27.5 Å². The molecule has 33 heavy (non-hydrogen) atoms. The number of hydrogen-bond donors (Lipinski definition) is 2. The molecule has 0 spiro atoms. The van der Waals surface area contributed by atoms with E-state index in [0.29, 0.717) is 43.9 Å². The Hall–Kier alpha value is -2.95. The number of carbonyl (C=O) groups excluding carboxylic acids is 2. The number of nitrogens with zero attached hydrogens (tertiary/aromatic N) is 1. The first-order valence-electron chi connectivity index (χ1n) is 10.7. The Morgan fingerprint density at radius 2 is 1.64 bits per heavy atom. The zero-order chi connectivity index (χ0) is 23.7. The van der Waals surface area contributed by atoms with Crippen molar-refractivity contribution in [2.24, 2.45) is 5.92 Å². The third kappa shape index (κ3) is 7.55. The highest BCUT2D eigenvalue weighted by Gasteiger charge is 2.31. The maximum Gasteiger partial charge on any atom is 0.411 e. The van der Waals surface area contributed by atoms with Gasteiger partial charge in [0.15, 0.2) is 0 Å². The topological polar surface area (TPSA) is 114 Å². The Labute approximate surface area is 194 Å². The summed E-state index contributed by atoms with van der Waals surface area (Å²) in [6.07, 6.45) is 0.285. The first-order valence-corrected chi connectivity index (χ1v) is 12.3. The van der Waals surface area contributed by atoms with Crippen LogP contribution < -0.4 is 10.6 Å². The molecular weight excluding hydrogens is 446 g/mol. The number of benzene rings is 2. The van der Waals surface area contributed by atoms with Gasteiger partial charge in [-0.25, -0.2) is 17.5 Å². The highest BCUT2D eigenvalue weighted by molar-refractivity contribution is 7.88. The molecule has 1 fully saturated rings. The second-order valence-electron chi connectivity index (χ2n) is 7.74. The predicted molar refractivity (Wildman–Crippen MR) is 125 cm³/mol. The summed E-state index contributed by atoms with van der Waals surface area (Å²) in [5, 5.41) is 5.45. The molecule has 0 radical (unpaired) electrons. The number of carbonyl (C=O) groups is 2. The molecule has 178 valence electrons. The molecule has 1 saturated heterocycles. The molecule has 2 aromatic rings. The average Bonchev–Trinajstić information content (AvgIpc) is 2.80. The number of amides is 2. The van der Waals surface area contributed by atoms with Crippen molar-refractivity contribution in [2.45, 2.75) is 18.6 Å². The Morgan fingerprint density at radius 1 is 0.970 bits per heavy atom. The van der Waals surface area contributed by atoms with Gasteiger partial charge in [-0.2, -0.15) is 0 Å². The van der Waals surface area contributed by atoms with Gasteiger partial charge in [0.1, 0.15) is 6.61 Å². The average molecular weight is 476 g/mol. The molecule has 0 atom stereocenters. The molecule has 2 aromatic carbocycles. The highest BCUT2D eigenvalue weighted by Crippen LogP contribution is 2.24. The largest absolute Gasteiger partial charge is 0.447 e. The molecule has 1 aliphatic heterocycles. The smallest absolute Gasteiger partial charge is 0.411 e. The number of methoxy groups -OCH3 is 1. The minimum absolute atomic E-state index is 0.0433. The van der Waals surface area contributed by atoms with Crippen LogP contribution in [0.3, 0.4) is 0 Å². The molecule has 2 N–H and O–H groups in total. The van der Waals surface area contributed by atoms with Crippen molar-refractivity contribution in [3.8, 4) is 0 Å². The Bertz CT molecular complexity index is 1040. The van der Waals surface area contributed by atoms with E-state index in [1.165, 1.54) is 11.4 Å². The van der Waals surface area contributed by atoms with Gasteiger partial charge in [0.2, 0.25) is 15.9 Å². The van der Waals surface area contributed by atoms with Crippen molar-refractivity contribution in [3.63, 3.8) is 0 Å². The van der Waals surface area contributed by atoms with Gasteiger partial charge in [-0.3, -0.25) is 10.1 Å². The van der Waals surface area contributed by atoms with Crippen LogP contribution >= 0.6 is 0 Å². The number of ether oxygens (including phenoxy) is 2.